The molecule has 0 aliphatic rings. The molecule has 0 fully saturated rings. The lowest BCUT2D eigenvalue weighted by molar-refractivity contribution is -0.152. The van der Waals surface area contributed by atoms with Crippen LogP contribution in [0.25, 0.3) is 0 Å². The van der Waals surface area contributed by atoms with Crippen molar-refractivity contribution >= 4 is 0 Å². The van der Waals surface area contributed by atoms with Gasteiger partial charge in [0.1, 0.15) is 11.8 Å². The van der Waals surface area contributed by atoms with E-state index in [-0.39, 0.29) is 12.1 Å². The monoisotopic (exact) mass is 198 g/mol. The summed E-state index contributed by atoms with van der Waals surface area (Å²) in [5.74, 6) is 0.837. The van der Waals surface area contributed by atoms with E-state index < -0.39 is 0 Å². The zero-order valence-electron chi connectivity index (χ0n) is 8.93. The lowest BCUT2D eigenvalue weighted by Gasteiger charge is -2.28. The van der Waals surface area contributed by atoms with Gasteiger partial charge >= 0.3 is 0 Å². The van der Waals surface area contributed by atoms with Crippen molar-refractivity contribution in [2.75, 3.05) is 14.2 Å². The maximum Gasteiger partial charge on any atom is 0.124 e. The third kappa shape index (κ3) is 2.35. The van der Waals surface area contributed by atoms with Crippen molar-refractivity contribution < 1.29 is 9.25 Å². The Balaban J connectivity index is 2.82. The van der Waals surface area contributed by atoms with Gasteiger partial charge in [-0.3, -0.25) is 0 Å². The van der Waals surface area contributed by atoms with Gasteiger partial charge in [0.25, 0.3) is 0 Å². The normalized spacial score (nSPS) is 15.8. The molecule has 0 bridgehead atoms. The smallest absolute Gasteiger partial charge is 0.124 e. The Morgan fingerprint density at radius 1 is 1.64 bits per heavy atom. The first kappa shape index (κ1) is 11.2. The minimum absolute atomic E-state index is 0.00565. The first-order valence-corrected chi connectivity index (χ1v) is 4.76. The van der Waals surface area contributed by atoms with Crippen LogP contribution >= 0.6 is 0 Å². The molecule has 0 amide bonds. The number of hydrogen-bond acceptors (Lipinski definition) is 4. The predicted octanol–water partition coefficient (Wildman–Crippen LogP) is 1.55. The van der Waals surface area contributed by atoms with Crippen LogP contribution in [0.1, 0.15) is 25.1 Å². The van der Waals surface area contributed by atoms with Crippen LogP contribution in [0.5, 0.6) is 0 Å². The summed E-state index contributed by atoms with van der Waals surface area (Å²) in [7, 11) is 3.47. The van der Waals surface area contributed by atoms with Crippen molar-refractivity contribution in [1.29, 1.82) is 0 Å². The third-order valence-corrected chi connectivity index (χ3v) is 2.39. The molecule has 2 atom stereocenters. The highest BCUT2D eigenvalue weighted by molar-refractivity contribution is 5.06. The van der Waals surface area contributed by atoms with Crippen LogP contribution in [0.15, 0.2) is 22.8 Å². The average Bonchev–Trinajstić information content (AvgIpc) is 2.70. The second-order valence-electron chi connectivity index (χ2n) is 3.26. The number of nitrogens with zero attached hydrogens (tertiary/aromatic N) is 1. The van der Waals surface area contributed by atoms with Gasteiger partial charge in [-0.15, -0.1) is 0 Å². The molecule has 0 spiro atoms. The predicted molar refractivity (Wildman–Crippen MR) is 54.5 cm³/mol. The Bertz CT molecular complexity index is 239. The lowest BCUT2D eigenvalue weighted by atomic mass is 10.0. The maximum absolute atomic E-state index is 6.00. The van der Waals surface area contributed by atoms with Crippen molar-refractivity contribution in [3.63, 3.8) is 0 Å². The average molecular weight is 198 g/mol. The van der Waals surface area contributed by atoms with Gasteiger partial charge in [-0.1, -0.05) is 6.92 Å². The van der Waals surface area contributed by atoms with E-state index in [1.807, 2.05) is 26.1 Å². The number of nitrogens with two attached hydrogens (primary N) is 1. The second kappa shape index (κ2) is 5.14. The third-order valence-electron chi connectivity index (χ3n) is 2.39. The molecule has 1 aromatic rings. The summed E-state index contributed by atoms with van der Waals surface area (Å²) < 4.78 is 5.34. The van der Waals surface area contributed by atoms with Crippen LogP contribution in [0.3, 0.4) is 0 Å². The molecule has 80 valence electrons. The molecular formula is C10H18N2O2. The van der Waals surface area contributed by atoms with Gasteiger partial charge < -0.3 is 15.0 Å². The molecule has 0 aliphatic carbocycles. The van der Waals surface area contributed by atoms with E-state index in [9.17, 15) is 0 Å². The zero-order chi connectivity index (χ0) is 10.6. The van der Waals surface area contributed by atoms with Gasteiger partial charge in [-0.2, -0.15) is 5.06 Å². The van der Waals surface area contributed by atoms with Crippen LogP contribution in [-0.2, 0) is 4.84 Å². The molecule has 14 heavy (non-hydrogen) atoms. The number of hydroxylamine groups is 2. The van der Waals surface area contributed by atoms with Crippen LogP contribution in [0, 0.1) is 0 Å². The van der Waals surface area contributed by atoms with E-state index in [2.05, 4.69) is 0 Å². The van der Waals surface area contributed by atoms with E-state index >= 15 is 0 Å². The maximum atomic E-state index is 6.00. The molecule has 4 nitrogen and oxygen atoms in total. The minimum Gasteiger partial charge on any atom is -0.468 e. The molecule has 4 heteroatoms. The Morgan fingerprint density at radius 3 is 2.79 bits per heavy atom. The second-order valence-corrected chi connectivity index (χ2v) is 3.26. The molecular weight excluding hydrogens is 180 g/mol. The molecule has 2 N–H and O–H groups in total. The van der Waals surface area contributed by atoms with Crippen LogP contribution in [0.4, 0.5) is 0 Å². The van der Waals surface area contributed by atoms with Crippen molar-refractivity contribution in [3.05, 3.63) is 24.2 Å². The lowest BCUT2D eigenvalue weighted by Crippen LogP contribution is -2.38. The summed E-state index contributed by atoms with van der Waals surface area (Å²) in [5, 5.41) is 1.72. The summed E-state index contributed by atoms with van der Waals surface area (Å²) >= 11 is 0. The fourth-order valence-corrected chi connectivity index (χ4v) is 1.46. The molecule has 0 radical (unpaired) electrons. The van der Waals surface area contributed by atoms with Gasteiger partial charge in [0.15, 0.2) is 0 Å². The molecule has 0 aliphatic heterocycles. The van der Waals surface area contributed by atoms with E-state index in [4.69, 9.17) is 15.0 Å². The Hall–Kier alpha value is -0.840. The number of likely N-dealkylation sites (N-methyl/N-ethyl adjacent to an activating group) is 1. The van der Waals surface area contributed by atoms with Crippen LogP contribution in [-0.4, -0.2) is 25.3 Å². The van der Waals surface area contributed by atoms with E-state index in [0.29, 0.717) is 0 Å². The summed E-state index contributed by atoms with van der Waals surface area (Å²) in [6, 6.07) is 3.75. The Kier molecular flexibility index (Phi) is 4.13. The Labute approximate surface area is 84.6 Å². The topological polar surface area (TPSA) is 51.6 Å². The van der Waals surface area contributed by atoms with Crippen LogP contribution < -0.4 is 5.73 Å². The summed E-state index contributed by atoms with van der Waals surface area (Å²) in [6.45, 7) is 2.05. The summed E-state index contributed by atoms with van der Waals surface area (Å²) in [4.78, 5) is 5.15. The molecule has 0 saturated carbocycles. The van der Waals surface area contributed by atoms with Crippen molar-refractivity contribution in [2.24, 2.45) is 5.73 Å². The minimum atomic E-state index is -0.0278. The highest BCUT2D eigenvalue weighted by Crippen LogP contribution is 2.23. The summed E-state index contributed by atoms with van der Waals surface area (Å²) in [6.07, 6.45) is 2.52. The van der Waals surface area contributed by atoms with Crippen molar-refractivity contribution in [2.45, 2.75) is 25.4 Å². The quantitative estimate of drug-likeness (QED) is 0.729. The van der Waals surface area contributed by atoms with E-state index in [1.165, 1.54) is 0 Å². The standard InChI is InChI=1S/C10H18N2O2/c1-4-8(11)10(12(2)13-3)9-6-5-7-14-9/h5-8,10H,4,11H2,1-3H3. The van der Waals surface area contributed by atoms with Gasteiger partial charge in [-0.25, -0.2) is 0 Å². The SMILES string of the molecule is CCC(N)C(c1ccco1)N(C)OC. The van der Waals surface area contributed by atoms with Gasteiger partial charge in [0.2, 0.25) is 0 Å². The number of hydrogen-bond donors (Lipinski definition) is 1. The first-order chi connectivity index (χ1) is 6.70. The van der Waals surface area contributed by atoms with Crippen molar-refractivity contribution in [1.82, 2.24) is 5.06 Å². The largest absolute Gasteiger partial charge is 0.468 e. The highest BCUT2D eigenvalue weighted by atomic mass is 16.7. The van der Waals surface area contributed by atoms with Crippen LogP contribution in [0.2, 0.25) is 0 Å². The van der Waals surface area contributed by atoms with E-state index in [0.717, 1.165) is 12.2 Å². The first-order valence-electron chi connectivity index (χ1n) is 4.76. The molecule has 0 aromatic carbocycles. The van der Waals surface area contributed by atoms with E-state index in [1.54, 1.807) is 18.4 Å². The molecule has 1 aromatic heterocycles. The van der Waals surface area contributed by atoms with Gasteiger partial charge in [0.05, 0.1) is 13.4 Å². The Morgan fingerprint density at radius 2 is 2.36 bits per heavy atom. The van der Waals surface area contributed by atoms with Gasteiger partial charge in [0, 0.05) is 13.1 Å². The fraction of sp³-hybridized carbons (Fsp3) is 0.600. The van der Waals surface area contributed by atoms with Gasteiger partial charge in [-0.05, 0) is 18.6 Å². The molecule has 1 rings (SSSR count). The molecule has 1 heterocycles. The molecule has 0 saturated heterocycles. The zero-order valence-corrected chi connectivity index (χ0v) is 8.93. The number of furan rings is 1. The van der Waals surface area contributed by atoms with Crippen molar-refractivity contribution in [3.8, 4) is 0 Å². The summed E-state index contributed by atoms with van der Waals surface area (Å²) in [5.41, 5.74) is 6.00. The molecule has 2 unspecified atom stereocenters. The number of rotatable bonds is 5. The highest BCUT2D eigenvalue weighted by Gasteiger charge is 2.25. The fourth-order valence-electron chi connectivity index (χ4n) is 1.46.